The van der Waals surface area contributed by atoms with Gasteiger partial charge in [0.15, 0.2) is 0 Å². The molecule has 0 bridgehead atoms. The van der Waals surface area contributed by atoms with Crippen LogP contribution in [0.3, 0.4) is 0 Å². The van der Waals surface area contributed by atoms with Crippen LogP contribution in [0.15, 0.2) is 28.7 Å². The minimum Gasteiger partial charge on any atom is -0.132 e. The van der Waals surface area contributed by atoms with Crippen LogP contribution in [0.5, 0.6) is 0 Å². The van der Waals surface area contributed by atoms with Crippen molar-refractivity contribution >= 4 is 51.2 Å². The molecule has 4 heteroatoms. The zero-order valence-corrected chi connectivity index (χ0v) is 15.9. The van der Waals surface area contributed by atoms with Gasteiger partial charge in [0, 0.05) is 4.47 Å². The molecule has 0 nitrogen and oxygen atoms in total. The summed E-state index contributed by atoms with van der Waals surface area (Å²) < 4.78 is 1.34. The molecule has 0 saturated carbocycles. The number of hydrogen-bond donors (Lipinski definition) is 0. The molecule has 0 N–H and O–H groups in total. The third kappa shape index (κ3) is 3.69. The van der Waals surface area contributed by atoms with Crippen LogP contribution in [-0.4, -0.2) is 17.8 Å². The van der Waals surface area contributed by atoms with E-state index in [0.717, 1.165) is 10.4 Å². The molecular formula is C15H21BrS3. The molecule has 0 amide bonds. The van der Waals surface area contributed by atoms with E-state index < -0.39 is 0 Å². The molecule has 0 atom stereocenters. The van der Waals surface area contributed by atoms with Gasteiger partial charge < -0.3 is 0 Å². The van der Waals surface area contributed by atoms with Gasteiger partial charge in [-0.2, -0.15) is 0 Å². The molecule has 0 spiro atoms. The van der Waals surface area contributed by atoms with E-state index in [1.165, 1.54) is 17.1 Å². The van der Waals surface area contributed by atoms with Crippen LogP contribution in [0.1, 0.15) is 26.3 Å². The number of halogens is 1. The normalized spacial score (nSPS) is 28.4. The van der Waals surface area contributed by atoms with Crippen LogP contribution >= 0.6 is 51.2 Å². The van der Waals surface area contributed by atoms with Gasteiger partial charge in [0.25, 0.3) is 0 Å². The van der Waals surface area contributed by atoms with Crippen molar-refractivity contribution in [1.29, 1.82) is 0 Å². The molecule has 19 heavy (non-hydrogen) atoms. The van der Waals surface area contributed by atoms with Crippen LogP contribution in [0.2, 0.25) is 0 Å². The van der Waals surface area contributed by atoms with Gasteiger partial charge in [-0.05, 0) is 46.8 Å². The summed E-state index contributed by atoms with van der Waals surface area (Å²) in [4.78, 5) is 0. The maximum atomic E-state index is 3.52. The second kappa shape index (κ2) is 6.25. The van der Waals surface area contributed by atoms with E-state index in [1.54, 1.807) is 0 Å². The minimum absolute atomic E-state index is 0.183. The average molecular weight is 377 g/mol. The number of thioether (sulfide) groups is 3. The smallest absolute Gasteiger partial charge is 0.132 e. The minimum atomic E-state index is 0.183. The molecule has 1 heterocycles. The van der Waals surface area contributed by atoms with E-state index in [9.17, 15) is 0 Å². The molecule has 106 valence electrons. The molecule has 1 saturated heterocycles. The summed E-state index contributed by atoms with van der Waals surface area (Å²) in [7, 11) is 0. The highest BCUT2D eigenvalue weighted by atomic mass is 79.9. The van der Waals surface area contributed by atoms with Crippen LogP contribution in [0.4, 0.5) is 0 Å². The highest BCUT2D eigenvalue weighted by Gasteiger charge is 2.40. The van der Waals surface area contributed by atoms with Crippen LogP contribution in [0.25, 0.3) is 0 Å². The van der Waals surface area contributed by atoms with Gasteiger partial charge in [-0.3, -0.25) is 0 Å². The van der Waals surface area contributed by atoms with Gasteiger partial charge in [0.05, 0.1) is 0 Å². The lowest BCUT2D eigenvalue weighted by molar-refractivity contribution is 0.292. The standard InChI is InChI=1S/C15H21BrS3/c1-14(2,3)12-9-18-15(17-4,19-10-12)11-5-7-13(16)8-6-11/h5-8,12H,9-10H2,1-4H3/t12-,15-. The first-order valence-corrected chi connectivity index (χ1v) is 10.5. The zero-order chi connectivity index (χ0) is 14.1. The van der Waals surface area contributed by atoms with E-state index in [2.05, 4.69) is 90.7 Å². The Bertz CT molecular complexity index is 414. The van der Waals surface area contributed by atoms with E-state index in [4.69, 9.17) is 0 Å². The first-order chi connectivity index (χ1) is 8.87. The summed E-state index contributed by atoms with van der Waals surface area (Å²) in [6.45, 7) is 7.10. The summed E-state index contributed by atoms with van der Waals surface area (Å²) in [5, 5.41) is 0. The van der Waals surface area contributed by atoms with Crippen molar-refractivity contribution in [2.75, 3.05) is 17.8 Å². The first kappa shape index (κ1) is 16.1. The summed E-state index contributed by atoms with van der Waals surface area (Å²) in [5.41, 5.74) is 1.86. The molecule has 0 unspecified atom stereocenters. The van der Waals surface area contributed by atoms with Crippen molar-refractivity contribution in [3.63, 3.8) is 0 Å². The quantitative estimate of drug-likeness (QED) is 0.614. The molecular weight excluding hydrogens is 356 g/mol. The fourth-order valence-electron chi connectivity index (χ4n) is 2.07. The van der Waals surface area contributed by atoms with Crippen molar-refractivity contribution in [2.45, 2.75) is 24.2 Å². The van der Waals surface area contributed by atoms with Gasteiger partial charge in [-0.25, -0.2) is 0 Å². The maximum absolute atomic E-state index is 3.52. The zero-order valence-electron chi connectivity index (χ0n) is 11.9. The lowest BCUT2D eigenvalue weighted by atomic mass is 9.83. The summed E-state index contributed by atoms with van der Waals surface area (Å²) in [6, 6.07) is 8.84. The van der Waals surface area contributed by atoms with Gasteiger partial charge in [-0.15, -0.1) is 35.3 Å². The van der Waals surface area contributed by atoms with Gasteiger partial charge >= 0.3 is 0 Å². The lowest BCUT2D eigenvalue weighted by Gasteiger charge is -2.42. The fourth-order valence-corrected chi connectivity index (χ4v) is 7.63. The Labute approximate surface area is 138 Å². The van der Waals surface area contributed by atoms with E-state index in [-0.39, 0.29) is 3.41 Å². The second-order valence-corrected chi connectivity index (χ2v) is 11.1. The van der Waals surface area contributed by atoms with Crippen molar-refractivity contribution in [1.82, 2.24) is 0 Å². The Balaban J connectivity index is 2.16. The highest BCUT2D eigenvalue weighted by Crippen LogP contribution is 2.59. The number of rotatable bonds is 2. The van der Waals surface area contributed by atoms with Crippen molar-refractivity contribution in [2.24, 2.45) is 11.3 Å². The van der Waals surface area contributed by atoms with Crippen molar-refractivity contribution in [3.05, 3.63) is 34.3 Å². The van der Waals surface area contributed by atoms with E-state index >= 15 is 0 Å². The lowest BCUT2D eigenvalue weighted by Crippen LogP contribution is -2.32. The Morgan fingerprint density at radius 3 is 2.11 bits per heavy atom. The average Bonchev–Trinajstić information content (AvgIpc) is 2.38. The number of hydrogen-bond acceptors (Lipinski definition) is 3. The largest absolute Gasteiger partial charge is 0.132 e. The molecule has 1 aromatic rings. The van der Waals surface area contributed by atoms with Crippen molar-refractivity contribution in [3.8, 4) is 0 Å². The summed E-state index contributed by atoms with van der Waals surface area (Å²) in [6.07, 6.45) is 2.24. The van der Waals surface area contributed by atoms with E-state index in [0.29, 0.717) is 5.41 Å². The Hall–Kier alpha value is 0.750. The molecule has 1 fully saturated rings. The predicted molar refractivity (Wildman–Crippen MR) is 97.2 cm³/mol. The number of benzene rings is 1. The molecule has 0 aromatic heterocycles. The maximum Gasteiger partial charge on any atom is 0.132 e. The van der Waals surface area contributed by atoms with Gasteiger partial charge in [0.2, 0.25) is 0 Å². The molecule has 2 rings (SSSR count). The first-order valence-electron chi connectivity index (χ1n) is 6.46. The van der Waals surface area contributed by atoms with Gasteiger partial charge in [-0.1, -0.05) is 48.8 Å². The van der Waals surface area contributed by atoms with Crippen molar-refractivity contribution < 1.29 is 0 Å². The second-order valence-electron chi connectivity index (χ2n) is 5.95. The third-order valence-corrected chi connectivity index (χ3v) is 9.73. The summed E-state index contributed by atoms with van der Waals surface area (Å²) >= 11 is 9.73. The molecule has 0 radical (unpaired) electrons. The molecule has 1 aliphatic heterocycles. The SMILES string of the molecule is CS[C@]1(c2ccc(Br)cc2)SC[C@@H](C(C)(C)C)CS1. The fraction of sp³-hybridized carbons (Fsp3) is 0.600. The molecule has 0 aliphatic carbocycles. The Morgan fingerprint density at radius 1 is 1.16 bits per heavy atom. The van der Waals surface area contributed by atoms with Crippen LogP contribution < -0.4 is 0 Å². The Kier molecular flexibility index (Phi) is 5.30. The van der Waals surface area contributed by atoms with Crippen LogP contribution in [-0.2, 0) is 3.41 Å². The summed E-state index contributed by atoms with van der Waals surface area (Å²) in [5.74, 6) is 3.32. The van der Waals surface area contributed by atoms with E-state index in [1.807, 2.05) is 11.8 Å². The third-order valence-electron chi connectivity index (χ3n) is 3.64. The highest BCUT2D eigenvalue weighted by molar-refractivity contribution is 9.10. The molecule has 1 aromatic carbocycles. The topological polar surface area (TPSA) is 0 Å². The monoisotopic (exact) mass is 376 g/mol. The van der Waals surface area contributed by atoms with Gasteiger partial charge in [0.1, 0.15) is 3.41 Å². The Morgan fingerprint density at radius 2 is 1.68 bits per heavy atom. The predicted octanol–water partition coefficient (Wildman–Crippen LogP) is 6.06. The molecule has 1 aliphatic rings. The van der Waals surface area contributed by atoms with Crippen LogP contribution in [0, 0.1) is 11.3 Å².